The highest BCUT2D eigenvalue weighted by Gasteiger charge is 2.39. The Morgan fingerprint density at radius 2 is 2.07 bits per heavy atom. The molecule has 152 valence electrons. The molecular formula is C22H30FN3OS. The fraction of sp³-hybridized carbons (Fsp3) is 0.636. The lowest BCUT2D eigenvalue weighted by Crippen LogP contribution is -2.48. The molecule has 0 spiro atoms. The molecule has 4 nitrogen and oxygen atoms in total. The van der Waals surface area contributed by atoms with Crippen molar-refractivity contribution in [1.82, 2.24) is 9.21 Å². The lowest BCUT2D eigenvalue weighted by molar-refractivity contribution is -0.134. The zero-order chi connectivity index (χ0) is 19.7. The van der Waals surface area contributed by atoms with Gasteiger partial charge in [-0.3, -0.25) is 9.79 Å². The Morgan fingerprint density at radius 1 is 1.32 bits per heavy atom. The number of hydrogen-bond donors (Lipinski definition) is 0. The van der Waals surface area contributed by atoms with Gasteiger partial charge in [-0.2, -0.15) is 0 Å². The molecule has 0 radical (unpaired) electrons. The van der Waals surface area contributed by atoms with Gasteiger partial charge in [0.05, 0.1) is 11.3 Å². The number of nitrogens with zero attached hydrogens (tertiary/aromatic N) is 3. The monoisotopic (exact) mass is 403 g/mol. The van der Waals surface area contributed by atoms with Crippen molar-refractivity contribution in [3.05, 3.63) is 35.6 Å². The largest absolute Gasteiger partial charge is 0.340 e. The summed E-state index contributed by atoms with van der Waals surface area (Å²) in [4.78, 5) is 19.3. The fourth-order valence-electron chi connectivity index (χ4n) is 4.37. The number of hydrogen-bond acceptors (Lipinski definition) is 4. The SMILES string of the molecule is CCN(SC1C=NC2CN(C(=O)C3CC3)CCC2C1)C(C)c1ccc(F)cc1. The van der Waals surface area contributed by atoms with E-state index >= 15 is 0 Å². The van der Waals surface area contributed by atoms with Crippen LogP contribution in [-0.2, 0) is 4.79 Å². The lowest BCUT2D eigenvalue weighted by Gasteiger charge is -2.41. The molecule has 0 bridgehead atoms. The highest BCUT2D eigenvalue weighted by Crippen LogP contribution is 2.38. The third kappa shape index (κ3) is 4.43. The number of benzene rings is 1. The minimum Gasteiger partial charge on any atom is -0.340 e. The molecule has 2 aliphatic heterocycles. The summed E-state index contributed by atoms with van der Waals surface area (Å²) in [6, 6.07) is 7.32. The molecule has 1 amide bonds. The summed E-state index contributed by atoms with van der Waals surface area (Å²) >= 11 is 1.86. The van der Waals surface area contributed by atoms with Crippen LogP contribution in [0, 0.1) is 17.7 Å². The van der Waals surface area contributed by atoms with Gasteiger partial charge in [0, 0.05) is 37.8 Å². The van der Waals surface area contributed by atoms with Gasteiger partial charge in [-0.05, 0) is 56.2 Å². The predicted molar refractivity (Wildman–Crippen MR) is 113 cm³/mol. The minimum atomic E-state index is -0.191. The van der Waals surface area contributed by atoms with Gasteiger partial charge in [0.15, 0.2) is 0 Å². The second-order valence-corrected chi connectivity index (χ2v) is 9.60. The molecule has 4 atom stereocenters. The number of halogens is 1. The van der Waals surface area contributed by atoms with Crippen molar-refractivity contribution in [3.63, 3.8) is 0 Å². The summed E-state index contributed by atoms with van der Waals surface area (Å²) in [5, 5.41) is 0.370. The smallest absolute Gasteiger partial charge is 0.225 e. The van der Waals surface area contributed by atoms with E-state index < -0.39 is 0 Å². The molecule has 1 aromatic carbocycles. The molecule has 1 aliphatic carbocycles. The van der Waals surface area contributed by atoms with Gasteiger partial charge in [-0.1, -0.05) is 31.0 Å². The van der Waals surface area contributed by atoms with Gasteiger partial charge in [0.2, 0.25) is 5.91 Å². The van der Waals surface area contributed by atoms with Crippen molar-refractivity contribution in [1.29, 1.82) is 0 Å². The lowest BCUT2D eigenvalue weighted by atomic mass is 9.86. The second kappa shape index (κ2) is 8.54. The number of fused-ring (bicyclic) bond motifs is 1. The Balaban J connectivity index is 1.35. The number of likely N-dealkylation sites (tertiary alicyclic amines) is 1. The first-order valence-corrected chi connectivity index (χ1v) is 11.4. The standard InChI is InChI=1S/C22H30FN3OS/c1-3-26(15(2)16-6-8-19(23)9-7-16)28-20-12-18-10-11-25(14-21(18)24-13-20)22(27)17-4-5-17/h6-9,13,15,17-18,20-21H,3-5,10-12,14H2,1-2H3. The third-order valence-corrected chi connectivity index (χ3v) is 7.74. The predicted octanol–water partition coefficient (Wildman–Crippen LogP) is 4.33. The van der Waals surface area contributed by atoms with Crippen molar-refractivity contribution >= 4 is 24.1 Å². The topological polar surface area (TPSA) is 35.9 Å². The van der Waals surface area contributed by atoms with Crippen LogP contribution < -0.4 is 0 Å². The zero-order valence-corrected chi connectivity index (χ0v) is 17.6. The van der Waals surface area contributed by atoms with E-state index in [2.05, 4.69) is 29.3 Å². The molecule has 0 aromatic heterocycles. The number of piperidine rings is 1. The highest BCUT2D eigenvalue weighted by molar-refractivity contribution is 7.98. The molecule has 1 aromatic rings. The minimum absolute atomic E-state index is 0.191. The Labute approximate surface area is 171 Å². The van der Waals surface area contributed by atoms with Crippen LogP contribution in [0.1, 0.15) is 51.1 Å². The summed E-state index contributed by atoms with van der Waals surface area (Å²) in [6.45, 7) is 6.96. The average molecular weight is 404 g/mol. The number of carbonyl (C=O) groups excluding carboxylic acids is 1. The summed E-state index contributed by atoms with van der Waals surface area (Å²) in [5.41, 5.74) is 1.13. The van der Waals surface area contributed by atoms with Crippen LogP contribution in [0.5, 0.6) is 0 Å². The Morgan fingerprint density at radius 3 is 2.75 bits per heavy atom. The van der Waals surface area contributed by atoms with Crippen molar-refractivity contribution in [2.45, 2.75) is 56.9 Å². The summed E-state index contributed by atoms with van der Waals surface area (Å²) in [5.74, 6) is 1.04. The summed E-state index contributed by atoms with van der Waals surface area (Å²) in [7, 11) is 0. The number of amides is 1. The molecule has 1 saturated carbocycles. The van der Waals surface area contributed by atoms with Crippen molar-refractivity contribution in [3.8, 4) is 0 Å². The molecule has 4 rings (SSSR count). The molecule has 28 heavy (non-hydrogen) atoms. The van der Waals surface area contributed by atoms with E-state index in [0.29, 0.717) is 23.0 Å². The molecule has 2 fully saturated rings. The molecule has 3 aliphatic rings. The van der Waals surface area contributed by atoms with Gasteiger partial charge >= 0.3 is 0 Å². The van der Waals surface area contributed by atoms with Gasteiger partial charge in [0.25, 0.3) is 0 Å². The summed E-state index contributed by atoms with van der Waals surface area (Å²) < 4.78 is 15.6. The Hall–Kier alpha value is -1.40. The molecular weight excluding hydrogens is 373 g/mol. The van der Waals surface area contributed by atoms with E-state index in [1.165, 1.54) is 12.1 Å². The number of carbonyl (C=O) groups is 1. The van der Waals surface area contributed by atoms with Crippen LogP contribution in [0.3, 0.4) is 0 Å². The first-order chi connectivity index (χ1) is 13.5. The molecule has 0 N–H and O–H groups in total. The fourth-order valence-corrected chi connectivity index (χ4v) is 5.63. The van der Waals surface area contributed by atoms with Crippen molar-refractivity contribution in [2.75, 3.05) is 19.6 Å². The molecule has 2 heterocycles. The van der Waals surface area contributed by atoms with Crippen LogP contribution in [0.15, 0.2) is 29.3 Å². The normalized spacial score (nSPS) is 28.3. The van der Waals surface area contributed by atoms with Gasteiger partial charge in [-0.25, -0.2) is 8.70 Å². The van der Waals surface area contributed by atoms with Gasteiger partial charge in [0.1, 0.15) is 5.82 Å². The van der Waals surface area contributed by atoms with Gasteiger partial charge in [-0.15, -0.1) is 0 Å². The highest BCUT2D eigenvalue weighted by atomic mass is 32.2. The molecule has 1 saturated heterocycles. The van der Waals surface area contributed by atoms with Crippen molar-refractivity contribution in [2.24, 2.45) is 16.8 Å². The van der Waals surface area contributed by atoms with Crippen LogP contribution in [0.4, 0.5) is 4.39 Å². The zero-order valence-electron chi connectivity index (χ0n) is 16.8. The van der Waals surface area contributed by atoms with E-state index in [-0.39, 0.29) is 17.9 Å². The Kier molecular flexibility index (Phi) is 6.07. The second-order valence-electron chi connectivity index (χ2n) is 8.31. The average Bonchev–Trinajstić information content (AvgIpc) is 3.56. The maximum atomic E-state index is 13.2. The van der Waals surface area contributed by atoms with Gasteiger partial charge < -0.3 is 4.90 Å². The van der Waals surface area contributed by atoms with Crippen LogP contribution >= 0.6 is 11.9 Å². The first kappa shape index (κ1) is 19.9. The quantitative estimate of drug-likeness (QED) is 0.664. The first-order valence-electron chi connectivity index (χ1n) is 10.6. The van der Waals surface area contributed by atoms with Crippen LogP contribution in [-0.4, -0.2) is 52.3 Å². The maximum Gasteiger partial charge on any atom is 0.225 e. The number of rotatable bonds is 6. The number of aliphatic imine (C=N–C) groups is 1. The van der Waals surface area contributed by atoms with E-state index in [4.69, 9.17) is 4.99 Å². The van der Waals surface area contributed by atoms with Crippen molar-refractivity contribution < 1.29 is 9.18 Å². The molecule has 4 unspecified atom stereocenters. The van der Waals surface area contributed by atoms with Crippen LogP contribution in [0.25, 0.3) is 0 Å². The van der Waals surface area contributed by atoms with E-state index in [9.17, 15) is 9.18 Å². The maximum absolute atomic E-state index is 13.2. The molecule has 6 heteroatoms. The van der Waals surface area contributed by atoms with E-state index in [1.807, 2.05) is 24.1 Å². The van der Waals surface area contributed by atoms with E-state index in [0.717, 1.165) is 50.9 Å². The Bertz CT molecular complexity index is 721. The van der Waals surface area contributed by atoms with E-state index in [1.54, 1.807) is 0 Å². The summed E-state index contributed by atoms with van der Waals surface area (Å²) in [6.07, 6.45) is 6.44. The third-order valence-electron chi connectivity index (χ3n) is 6.31. The van der Waals surface area contributed by atoms with Crippen LogP contribution in [0.2, 0.25) is 0 Å².